The van der Waals surface area contributed by atoms with E-state index in [4.69, 9.17) is 9.47 Å². The molecule has 1 aliphatic carbocycles. The van der Waals surface area contributed by atoms with Crippen LogP contribution in [0.1, 0.15) is 31.5 Å². The van der Waals surface area contributed by atoms with Gasteiger partial charge in [-0.15, -0.1) is 0 Å². The minimum absolute atomic E-state index is 0.424. The molecule has 5 nitrogen and oxygen atoms in total. The van der Waals surface area contributed by atoms with E-state index in [1.807, 2.05) is 0 Å². The van der Waals surface area contributed by atoms with Crippen LogP contribution in [0, 0.1) is 11.3 Å². The lowest BCUT2D eigenvalue weighted by molar-refractivity contribution is -0.182. The predicted molar refractivity (Wildman–Crippen MR) is 59.0 cm³/mol. The first-order chi connectivity index (χ1) is 8.29. The normalized spacial score (nSPS) is 25.8. The van der Waals surface area contributed by atoms with Gasteiger partial charge in [-0.2, -0.15) is 5.26 Å². The van der Waals surface area contributed by atoms with Crippen LogP contribution in [0.4, 0.5) is 0 Å². The second-order valence-electron chi connectivity index (χ2n) is 4.74. The zero-order chi connectivity index (χ0) is 11.8. The van der Waals surface area contributed by atoms with E-state index < -0.39 is 11.2 Å². The molecular weight excluding hydrogens is 218 g/mol. The monoisotopic (exact) mass is 233 g/mol. The summed E-state index contributed by atoms with van der Waals surface area (Å²) in [5, 5.41) is 9.45. The minimum Gasteiger partial charge on any atom is -0.348 e. The molecule has 0 aromatic carbocycles. The van der Waals surface area contributed by atoms with Gasteiger partial charge >= 0.3 is 0 Å². The molecule has 1 N–H and O–H groups in total. The molecule has 2 fully saturated rings. The van der Waals surface area contributed by atoms with Gasteiger partial charge in [-0.1, -0.05) is 0 Å². The van der Waals surface area contributed by atoms with Gasteiger partial charge in [-0.3, -0.25) is 0 Å². The standard InChI is InChI=1S/C12H15N3O2/c13-9-11(10-14-5-6-15-10)1-3-12(4-2-11)16-7-8-17-12/h5-6H,1-4,7-8H2,(H,14,15). The summed E-state index contributed by atoms with van der Waals surface area (Å²) in [5.41, 5.74) is -0.496. The molecule has 0 unspecified atom stereocenters. The van der Waals surface area contributed by atoms with Crippen molar-refractivity contribution in [1.29, 1.82) is 5.26 Å². The van der Waals surface area contributed by atoms with Gasteiger partial charge in [0.15, 0.2) is 5.79 Å². The number of nitrogens with one attached hydrogen (secondary N) is 1. The van der Waals surface area contributed by atoms with Gasteiger partial charge < -0.3 is 14.5 Å². The van der Waals surface area contributed by atoms with Crippen LogP contribution in [0.2, 0.25) is 0 Å². The van der Waals surface area contributed by atoms with E-state index in [0.29, 0.717) is 13.2 Å². The lowest BCUT2D eigenvalue weighted by atomic mass is 9.72. The molecule has 0 atom stereocenters. The van der Waals surface area contributed by atoms with Crippen molar-refractivity contribution in [3.8, 4) is 6.07 Å². The Balaban J connectivity index is 1.81. The van der Waals surface area contributed by atoms with Gasteiger partial charge in [-0.25, -0.2) is 4.98 Å². The van der Waals surface area contributed by atoms with Crippen molar-refractivity contribution in [2.75, 3.05) is 13.2 Å². The fourth-order valence-electron chi connectivity index (χ4n) is 2.77. The highest BCUT2D eigenvalue weighted by molar-refractivity contribution is 5.22. The van der Waals surface area contributed by atoms with E-state index in [1.165, 1.54) is 0 Å². The molecule has 0 amide bonds. The predicted octanol–water partition coefficient (Wildman–Crippen LogP) is 1.49. The van der Waals surface area contributed by atoms with Crippen LogP contribution < -0.4 is 0 Å². The average Bonchev–Trinajstić information content (AvgIpc) is 3.03. The average molecular weight is 233 g/mol. The number of hydrogen-bond acceptors (Lipinski definition) is 4. The summed E-state index contributed by atoms with van der Waals surface area (Å²) < 4.78 is 11.3. The number of nitrogens with zero attached hydrogens (tertiary/aromatic N) is 2. The first-order valence-corrected chi connectivity index (χ1v) is 5.98. The Morgan fingerprint density at radius 3 is 2.47 bits per heavy atom. The maximum Gasteiger partial charge on any atom is 0.168 e. The summed E-state index contributed by atoms with van der Waals surface area (Å²) in [4.78, 5) is 7.30. The number of aromatic amines is 1. The van der Waals surface area contributed by atoms with Gasteiger partial charge in [0.25, 0.3) is 0 Å². The van der Waals surface area contributed by atoms with E-state index in [9.17, 15) is 5.26 Å². The number of imidazole rings is 1. The molecule has 1 aromatic rings. The highest BCUT2D eigenvalue weighted by Gasteiger charge is 2.48. The van der Waals surface area contributed by atoms with Gasteiger partial charge in [0.05, 0.1) is 19.3 Å². The van der Waals surface area contributed by atoms with Crippen LogP contribution in [0.25, 0.3) is 0 Å². The molecule has 2 aliphatic rings. The lowest BCUT2D eigenvalue weighted by Crippen LogP contribution is -2.42. The number of aromatic nitrogens is 2. The number of hydrogen-bond donors (Lipinski definition) is 1. The summed E-state index contributed by atoms with van der Waals surface area (Å²) in [7, 11) is 0. The zero-order valence-electron chi connectivity index (χ0n) is 9.61. The largest absolute Gasteiger partial charge is 0.348 e. The van der Waals surface area contributed by atoms with Crippen molar-refractivity contribution in [3.63, 3.8) is 0 Å². The smallest absolute Gasteiger partial charge is 0.168 e. The van der Waals surface area contributed by atoms with Crippen molar-refractivity contribution >= 4 is 0 Å². The van der Waals surface area contributed by atoms with Crippen LogP contribution >= 0.6 is 0 Å². The van der Waals surface area contributed by atoms with Gasteiger partial charge in [-0.05, 0) is 12.8 Å². The van der Waals surface area contributed by atoms with Gasteiger partial charge in [0, 0.05) is 25.2 Å². The second-order valence-corrected chi connectivity index (χ2v) is 4.74. The van der Waals surface area contributed by atoms with Crippen molar-refractivity contribution in [2.45, 2.75) is 36.9 Å². The van der Waals surface area contributed by atoms with Crippen LogP contribution in [0.3, 0.4) is 0 Å². The quantitative estimate of drug-likeness (QED) is 0.797. The topological polar surface area (TPSA) is 70.9 Å². The zero-order valence-corrected chi connectivity index (χ0v) is 9.61. The van der Waals surface area contributed by atoms with Crippen LogP contribution in [0.15, 0.2) is 12.4 Å². The molecule has 90 valence electrons. The van der Waals surface area contributed by atoms with E-state index in [-0.39, 0.29) is 0 Å². The summed E-state index contributed by atoms with van der Waals surface area (Å²) >= 11 is 0. The molecule has 0 radical (unpaired) electrons. The Bertz CT molecular complexity index is 419. The van der Waals surface area contributed by atoms with Crippen molar-refractivity contribution < 1.29 is 9.47 Å². The Morgan fingerprint density at radius 2 is 1.94 bits per heavy atom. The van der Waals surface area contributed by atoms with Crippen molar-refractivity contribution in [1.82, 2.24) is 9.97 Å². The van der Waals surface area contributed by atoms with Crippen LogP contribution in [-0.2, 0) is 14.9 Å². The fourth-order valence-corrected chi connectivity index (χ4v) is 2.77. The molecule has 1 aliphatic heterocycles. The van der Waals surface area contributed by atoms with E-state index in [0.717, 1.165) is 31.5 Å². The Hall–Kier alpha value is -1.38. The third-order valence-corrected chi connectivity index (χ3v) is 3.84. The molecule has 5 heteroatoms. The van der Waals surface area contributed by atoms with Gasteiger partial charge in [0.2, 0.25) is 0 Å². The summed E-state index contributed by atoms with van der Waals surface area (Å²) in [5.74, 6) is 0.347. The molecule has 2 heterocycles. The number of H-pyrrole nitrogens is 1. The maximum atomic E-state index is 9.45. The third kappa shape index (κ3) is 1.65. The Morgan fingerprint density at radius 1 is 1.24 bits per heavy atom. The summed E-state index contributed by atoms with van der Waals surface area (Å²) in [6, 6.07) is 2.42. The fraction of sp³-hybridized carbons (Fsp3) is 0.667. The lowest BCUT2D eigenvalue weighted by Gasteiger charge is -2.38. The van der Waals surface area contributed by atoms with Crippen molar-refractivity contribution in [3.05, 3.63) is 18.2 Å². The highest BCUT2D eigenvalue weighted by Crippen LogP contribution is 2.44. The van der Waals surface area contributed by atoms with Crippen LogP contribution in [-0.4, -0.2) is 29.0 Å². The minimum atomic E-state index is -0.496. The second kappa shape index (κ2) is 3.83. The molecular formula is C12H15N3O2. The Labute approximate surface area is 99.8 Å². The van der Waals surface area contributed by atoms with Crippen LogP contribution in [0.5, 0.6) is 0 Å². The molecule has 1 saturated heterocycles. The molecule has 1 spiro atoms. The maximum absolute atomic E-state index is 9.45. The molecule has 1 saturated carbocycles. The number of rotatable bonds is 1. The summed E-state index contributed by atoms with van der Waals surface area (Å²) in [6.45, 7) is 1.33. The number of nitriles is 1. The highest BCUT2D eigenvalue weighted by atomic mass is 16.7. The Kier molecular flexibility index (Phi) is 2.42. The third-order valence-electron chi connectivity index (χ3n) is 3.84. The summed E-state index contributed by atoms with van der Waals surface area (Å²) in [6.07, 6.45) is 6.46. The molecule has 1 aromatic heterocycles. The van der Waals surface area contributed by atoms with E-state index >= 15 is 0 Å². The first-order valence-electron chi connectivity index (χ1n) is 5.98. The molecule has 3 rings (SSSR count). The number of ether oxygens (including phenoxy) is 2. The van der Waals surface area contributed by atoms with E-state index in [1.54, 1.807) is 12.4 Å². The van der Waals surface area contributed by atoms with Crippen molar-refractivity contribution in [2.24, 2.45) is 0 Å². The molecule has 0 bridgehead atoms. The van der Waals surface area contributed by atoms with E-state index in [2.05, 4.69) is 16.0 Å². The first kappa shape index (κ1) is 10.8. The molecule has 17 heavy (non-hydrogen) atoms. The SMILES string of the molecule is N#CC1(c2ncc[nH]2)CCC2(CC1)OCCO2. The van der Waals surface area contributed by atoms with Gasteiger partial charge in [0.1, 0.15) is 11.2 Å².